The van der Waals surface area contributed by atoms with Gasteiger partial charge in [0.15, 0.2) is 6.20 Å². The standard InChI is InChI=1S/C27H32N/c1-17-13-20-9-10-21-7-5-6-8-23(21)24-16-26-22(14-18(24)2)11-12-28(4)27(26)25(15-20)19(17)3/h11-16,21,23H,5-10H2,1-4H3/q+1. The van der Waals surface area contributed by atoms with Crippen LogP contribution in [0.5, 0.6) is 0 Å². The lowest BCUT2D eigenvalue weighted by molar-refractivity contribution is -0.659. The zero-order chi connectivity index (χ0) is 19.4. The largest absolute Gasteiger partial charge is 0.220 e. The van der Waals surface area contributed by atoms with Gasteiger partial charge in [0, 0.05) is 6.07 Å². The fraction of sp³-hybridized carbons (Fsp3) is 0.444. The van der Waals surface area contributed by atoms with E-state index in [9.17, 15) is 0 Å². The SMILES string of the molecule is Cc1cc2cc[n+](C)c3c2cc1C1CCCCC1CCc1cc(C)c(C)c-3c1. The van der Waals surface area contributed by atoms with E-state index in [4.69, 9.17) is 0 Å². The Kier molecular flexibility index (Phi) is 4.30. The zero-order valence-corrected chi connectivity index (χ0v) is 17.8. The molecule has 2 atom stereocenters. The summed E-state index contributed by atoms with van der Waals surface area (Å²) in [5.41, 5.74) is 10.3. The molecule has 5 rings (SSSR count). The van der Waals surface area contributed by atoms with Crippen molar-refractivity contribution in [3.8, 4) is 11.3 Å². The minimum Gasteiger partial charge on any atom is -0.200 e. The van der Waals surface area contributed by atoms with Crippen molar-refractivity contribution in [1.82, 2.24) is 0 Å². The molecule has 0 amide bonds. The van der Waals surface area contributed by atoms with Crippen molar-refractivity contribution < 1.29 is 4.57 Å². The molecule has 1 aromatic heterocycles. The smallest absolute Gasteiger partial charge is 0.200 e. The minimum absolute atomic E-state index is 0.732. The normalized spacial score (nSPS) is 21.4. The first-order chi connectivity index (χ1) is 13.5. The highest BCUT2D eigenvalue weighted by Gasteiger charge is 2.29. The second-order valence-electron chi connectivity index (χ2n) is 9.35. The van der Waals surface area contributed by atoms with Gasteiger partial charge in [0.2, 0.25) is 5.69 Å². The number of fused-ring (bicyclic) bond motifs is 6. The van der Waals surface area contributed by atoms with E-state index in [2.05, 4.69) is 68.9 Å². The summed E-state index contributed by atoms with van der Waals surface area (Å²) in [5, 5.41) is 2.81. The molecule has 1 fully saturated rings. The average Bonchev–Trinajstić information content (AvgIpc) is 2.71. The highest BCUT2D eigenvalue weighted by atomic mass is 14.9. The monoisotopic (exact) mass is 370 g/mol. The van der Waals surface area contributed by atoms with Gasteiger partial charge in [0.25, 0.3) is 0 Å². The van der Waals surface area contributed by atoms with Gasteiger partial charge in [0.1, 0.15) is 7.05 Å². The Labute approximate surface area is 169 Å². The molecule has 3 aromatic rings. The summed E-state index contributed by atoms with van der Waals surface area (Å²) < 4.78 is 2.34. The molecule has 1 saturated carbocycles. The number of hydrogen-bond donors (Lipinski definition) is 0. The topological polar surface area (TPSA) is 3.88 Å². The summed E-state index contributed by atoms with van der Waals surface area (Å²) in [6, 6.07) is 12.2. The van der Waals surface area contributed by atoms with Crippen molar-refractivity contribution in [2.24, 2.45) is 13.0 Å². The van der Waals surface area contributed by atoms with E-state index < -0.39 is 0 Å². The molecule has 1 nitrogen and oxygen atoms in total. The van der Waals surface area contributed by atoms with Crippen LogP contribution in [0.3, 0.4) is 0 Å². The summed E-state index contributed by atoms with van der Waals surface area (Å²) in [4.78, 5) is 0. The molecule has 0 radical (unpaired) electrons. The third kappa shape index (κ3) is 2.79. The predicted molar refractivity (Wildman–Crippen MR) is 118 cm³/mol. The number of benzene rings is 2. The fourth-order valence-electron chi connectivity index (χ4n) is 5.92. The van der Waals surface area contributed by atoms with Crippen LogP contribution in [0, 0.1) is 26.7 Å². The molecule has 28 heavy (non-hydrogen) atoms. The molecule has 1 heterocycles. The summed E-state index contributed by atoms with van der Waals surface area (Å²) in [7, 11) is 2.21. The van der Waals surface area contributed by atoms with Gasteiger partial charge in [0.05, 0.1) is 10.9 Å². The summed E-state index contributed by atoms with van der Waals surface area (Å²) in [6.07, 6.45) is 10.3. The Balaban J connectivity index is 1.88. The second kappa shape index (κ2) is 6.72. The quantitative estimate of drug-likeness (QED) is 0.399. The Bertz CT molecular complexity index is 1080. The Morgan fingerprint density at radius 3 is 2.57 bits per heavy atom. The Morgan fingerprint density at radius 1 is 0.893 bits per heavy atom. The van der Waals surface area contributed by atoms with Crippen LogP contribution in [0.25, 0.3) is 22.0 Å². The molecule has 2 aliphatic rings. The van der Waals surface area contributed by atoms with Crippen LogP contribution in [0.2, 0.25) is 0 Å². The maximum absolute atomic E-state index is 2.57. The predicted octanol–water partition coefficient (Wildman–Crippen LogP) is 6.48. The molecule has 0 spiro atoms. The van der Waals surface area contributed by atoms with E-state index in [1.165, 1.54) is 82.8 Å². The van der Waals surface area contributed by atoms with Gasteiger partial charge < -0.3 is 0 Å². The third-order valence-corrected chi connectivity index (χ3v) is 7.62. The van der Waals surface area contributed by atoms with Crippen LogP contribution >= 0.6 is 0 Å². The van der Waals surface area contributed by atoms with Gasteiger partial charge in [-0.25, -0.2) is 4.57 Å². The number of hydrogen-bond acceptors (Lipinski definition) is 0. The van der Waals surface area contributed by atoms with Gasteiger partial charge in [-0.05, 0) is 104 Å². The van der Waals surface area contributed by atoms with Gasteiger partial charge in [-0.2, -0.15) is 0 Å². The first kappa shape index (κ1) is 17.9. The lowest BCUT2D eigenvalue weighted by Crippen LogP contribution is -2.31. The van der Waals surface area contributed by atoms with Crippen molar-refractivity contribution in [3.63, 3.8) is 0 Å². The first-order valence-corrected chi connectivity index (χ1v) is 11.1. The van der Waals surface area contributed by atoms with E-state index in [0.29, 0.717) is 0 Å². The van der Waals surface area contributed by atoms with Crippen LogP contribution in [0.1, 0.15) is 65.8 Å². The number of pyridine rings is 1. The van der Waals surface area contributed by atoms with E-state index in [0.717, 1.165) is 11.8 Å². The maximum atomic E-state index is 2.57. The molecule has 144 valence electrons. The van der Waals surface area contributed by atoms with Crippen LogP contribution in [-0.4, -0.2) is 0 Å². The third-order valence-electron chi connectivity index (χ3n) is 7.62. The van der Waals surface area contributed by atoms with E-state index in [1.807, 2.05) is 0 Å². The van der Waals surface area contributed by atoms with Crippen molar-refractivity contribution in [2.75, 3.05) is 0 Å². The molecule has 0 aliphatic heterocycles. The lowest BCUT2D eigenvalue weighted by atomic mass is 9.72. The van der Waals surface area contributed by atoms with E-state index in [-0.39, 0.29) is 0 Å². The highest BCUT2D eigenvalue weighted by molar-refractivity contribution is 5.95. The van der Waals surface area contributed by atoms with Crippen molar-refractivity contribution in [3.05, 3.63) is 64.3 Å². The number of aromatic nitrogens is 1. The van der Waals surface area contributed by atoms with Crippen LogP contribution in [0.4, 0.5) is 0 Å². The van der Waals surface area contributed by atoms with E-state index in [1.54, 1.807) is 5.56 Å². The van der Waals surface area contributed by atoms with Gasteiger partial charge in [-0.1, -0.05) is 25.0 Å². The second-order valence-corrected chi connectivity index (χ2v) is 9.35. The van der Waals surface area contributed by atoms with Crippen molar-refractivity contribution in [2.45, 2.75) is 65.2 Å². The van der Waals surface area contributed by atoms with Crippen LogP contribution < -0.4 is 4.57 Å². The van der Waals surface area contributed by atoms with Gasteiger partial charge in [-0.3, -0.25) is 0 Å². The molecule has 2 unspecified atom stereocenters. The molecule has 2 aromatic carbocycles. The van der Waals surface area contributed by atoms with Crippen LogP contribution in [-0.2, 0) is 13.5 Å². The Hall–Kier alpha value is -2.15. The minimum atomic E-state index is 0.732. The molecule has 0 saturated heterocycles. The van der Waals surface area contributed by atoms with Gasteiger partial charge in [-0.15, -0.1) is 0 Å². The maximum Gasteiger partial charge on any atom is 0.220 e. The Morgan fingerprint density at radius 2 is 1.71 bits per heavy atom. The highest BCUT2D eigenvalue weighted by Crippen LogP contribution is 2.44. The average molecular weight is 371 g/mol. The number of nitrogens with zero attached hydrogens (tertiary/aromatic N) is 1. The number of aryl methyl sites for hydroxylation is 4. The molecule has 0 N–H and O–H groups in total. The van der Waals surface area contributed by atoms with Crippen molar-refractivity contribution >= 4 is 10.8 Å². The summed E-state index contributed by atoms with van der Waals surface area (Å²) in [5.74, 6) is 1.56. The lowest BCUT2D eigenvalue weighted by Gasteiger charge is -2.33. The van der Waals surface area contributed by atoms with Crippen molar-refractivity contribution in [1.29, 1.82) is 0 Å². The molecule has 1 heteroatoms. The molecule has 2 aliphatic carbocycles. The van der Waals surface area contributed by atoms with E-state index >= 15 is 0 Å². The molecule has 4 bridgehead atoms. The van der Waals surface area contributed by atoms with Crippen LogP contribution in [0.15, 0.2) is 36.5 Å². The number of rotatable bonds is 0. The zero-order valence-electron chi connectivity index (χ0n) is 17.8. The molecular weight excluding hydrogens is 338 g/mol. The van der Waals surface area contributed by atoms with Gasteiger partial charge >= 0.3 is 0 Å². The summed E-state index contributed by atoms with van der Waals surface area (Å²) >= 11 is 0. The first-order valence-electron chi connectivity index (χ1n) is 11.1. The summed E-state index contributed by atoms with van der Waals surface area (Å²) in [6.45, 7) is 6.91. The molecular formula is C27H32N+. The fourth-order valence-corrected chi connectivity index (χ4v) is 5.92.